The van der Waals surface area contributed by atoms with Crippen LogP contribution in [0.3, 0.4) is 0 Å². The second-order valence-electron chi connectivity index (χ2n) is 3.22. The molecule has 0 spiro atoms. The Morgan fingerprint density at radius 1 is 1.43 bits per heavy atom. The summed E-state index contributed by atoms with van der Waals surface area (Å²) in [6.45, 7) is 1.95. The van der Waals surface area contributed by atoms with Gasteiger partial charge in [0.15, 0.2) is 0 Å². The number of pyridine rings is 1. The Kier molecular flexibility index (Phi) is 3.71. The monoisotopic (exact) mass is 196 g/mol. The maximum Gasteiger partial charge on any atom is 0.213 e. The van der Waals surface area contributed by atoms with Crippen LogP contribution in [0.15, 0.2) is 12.3 Å². The minimum absolute atomic E-state index is 0.0935. The molecule has 0 aliphatic heterocycles. The van der Waals surface area contributed by atoms with E-state index in [0.717, 1.165) is 17.7 Å². The zero-order valence-corrected chi connectivity index (χ0v) is 8.78. The summed E-state index contributed by atoms with van der Waals surface area (Å²) in [4.78, 5) is 4.05. The van der Waals surface area contributed by atoms with Crippen molar-refractivity contribution in [3.63, 3.8) is 0 Å². The van der Waals surface area contributed by atoms with E-state index in [-0.39, 0.29) is 6.04 Å². The van der Waals surface area contributed by atoms with Crippen molar-refractivity contribution in [2.75, 3.05) is 14.2 Å². The van der Waals surface area contributed by atoms with Crippen molar-refractivity contribution in [2.24, 2.45) is 5.73 Å². The fourth-order valence-corrected chi connectivity index (χ4v) is 1.26. The molecule has 4 heteroatoms. The lowest BCUT2D eigenvalue weighted by Crippen LogP contribution is -2.18. The summed E-state index contributed by atoms with van der Waals surface area (Å²) in [5, 5.41) is 0. The van der Waals surface area contributed by atoms with E-state index in [4.69, 9.17) is 15.2 Å². The van der Waals surface area contributed by atoms with E-state index in [1.165, 1.54) is 0 Å². The summed E-state index contributed by atoms with van der Waals surface area (Å²) < 4.78 is 10.2. The average Bonchev–Trinajstić information content (AvgIpc) is 2.16. The largest absolute Gasteiger partial charge is 0.495 e. The molecule has 0 radical (unpaired) electrons. The zero-order chi connectivity index (χ0) is 10.6. The highest BCUT2D eigenvalue weighted by Crippen LogP contribution is 2.22. The third-order valence-electron chi connectivity index (χ3n) is 1.89. The Morgan fingerprint density at radius 3 is 2.64 bits per heavy atom. The molecule has 1 rings (SSSR count). The highest BCUT2D eigenvalue weighted by molar-refractivity contribution is 5.35. The van der Waals surface area contributed by atoms with Gasteiger partial charge in [-0.25, -0.2) is 4.98 Å². The number of methoxy groups -OCH3 is 2. The summed E-state index contributed by atoms with van der Waals surface area (Å²) in [7, 11) is 3.21. The number of hydrogen-bond donors (Lipinski definition) is 1. The molecule has 14 heavy (non-hydrogen) atoms. The minimum atomic E-state index is 0.0935. The fraction of sp³-hybridized carbons (Fsp3) is 0.500. The van der Waals surface area contributed by atoms with Crippen LogP contribution < -0.4 is 15.2 Å². The molecule has 0 fully saturated rings. The second kappa shape index (κ2) is 4.81. The molecule has 0 aliphatic rings. The first kappa shape index (κ1) is 10.8. The number of ether oxygens (including phenoxy) is 2. The third kappa shape index (κ3) is 2.60. The highest BCUT2D eigenvalue weighted by atomic mass is 16.5. The first-order valence-corrected chi connectivity index (χ1v) is 4.50. The Morgan fingerprint density at radius 2 is 2.14 bits per heavy atom. The van der Waals surface area contributed by atoms with Crippen LogP contribution >= 0.6 is 0 Å². The molecule has 1 aromatic heterocycles. The second-order valence-corrected chi connectivity index (χ2v) is 3.22. The van der Waals surface area contributed by atoms with Crippen LogP contribution in [0.1, 0.15) is 12.5 Å². The molecule has 1 aromatic rings. The zero-order valence-electron chi connectivity index (χ0n) is 8.78. The van der Waals surface area contributed by atoms with Gasteiger partial charge in [0.2, 0.25) is 5.88 Å². The SMILES string of the molecule is COc1cc(C[C@H](C)N)c(OC)cn1. The van der Waals surface area contributed by atoms with Crippen molar-refractivity contribution >= 4 is 0 Å². The van der Waals surface area contributed by atoms with Crippen LogP contribution in [-0.2, 0) is 6.42 Å². The molecule has 0 bridgehead atoms. The smallest absolute Gasteiger partial charge is 0.213 e. The molecule has 2 N–H and O–H groups in total. The van der Waals surface area contributed by atoms with Crippen molar-refractivity contribution in [1.82, 2.24) is 4.98 Å². The molecule has 1 atom stereocenters. The van der Waals surface area contributed by atoms with E-state index in [9.17, 15) is 0 Å². The Labute approximate surface area is 84.0 Å². The van der Waals surface area contributed by atoms with Crippen molar-refractivity contribution in [3.05, 3.63) is 17.8 Å². The summed E-state index contributed by atoms with van der Waals surface area (Å²) in [5.41, 5.74) is 6.75. The predicted molar refractivity (Wildman–Crippen MR) is 54.7 cm³/mol. The standard InChI is InChI=1S/C10H16N2O2/c1-7(11)4-8-5-10(14-3)12-6-9(8)13-2/h5-7H,4,11H2,1-3H3/t7-/m0/s1. The van der Waals surface area contributed by atoms with Crippen LogP contribution in [0.5, 0.6) is 11.6 Å². The van der Waals surface area contributed by atoms with E-state index >= 15 is 0 Å². The lowest BCUT2D eigenvalue weighted by Gasteiger charge is -2.11. The van der Waals surface area contributed by atoms with E-state index in [0.29, 0.717) is 5.88 Å². The molecule has 0 aromatic carbocycles. The van der Waals surface area contributed by atoms with Crippen LogP contribution in [0, 0.1) is 0 Å². The molecule has 4 nitrogen and oxygen atoms in total. The van der Waals surface area contributed by atoms with Crippen molar-refractivity contribution in [2.45, 2.75) is 19.4 Å². The van der Waals surface area contributed by atoms with Gasteiger partial charge in [-0.15, -0.1) is 0 Å². The lowest BCUT2D eigenvalue weighted by molar-refractivity contribution is 0.383. The lowest BCUT2D eigenvalue weighted by atomic mass is 10.1. The molecule has 1 heterocycles. The summed E-state index contributed by atoms with van der Waals surface area (Å²) >= 11 is 0. The molecule has 78 valence electrons. The van der Waals surface area contributed by atoms with Crippen molar-refractivity contribution < 1.29 is 9.47 Å². The number of aromatic nitrogens is 1. The minimum Gasteiger partial charge on any atom is -0.495 e. The number of nitrogens with zero attached hydrogens (tertiary/aromatic N) is 1. The molecular formula is C10H16N2O2. The van der Waals surface area contributed by atoms with Crippen LogP contribution in [-0.4, -0.2) is 25.2 Å². The number of hydrogen-bond acceptors (Lipinski definition) is 4. The number of rotatable bonds is 4. The van der Waals surface area contributed by atoms with Gasteiger partial charge in [-0.05, 0) is 13.3 Å². The van der Waals surface area contributed by atoms with E-state index in [1.807, 2.05) is 13.0 Å². The van der Waals surface area contributed by atoms with E-state index < -0.39 is 0 Å². The third-order valence-corrected chi connectivity index (χ3v) is 1.89. The quantitative estimate of drug-likeness (QED) is 0.780. The predicted octanol–water partition coefficient (Wildman–Crippen LogP) is 0.989. The van der Waals surface area contributed by atoms with Gasteiger partial charge in [-0.2, -0.15) is 0 Å². The van der Waals surface area contributed by atoms with Gasteiger partial charge in [0.1, 0.15) is 5.75 Å². The van der Waals surface area contributed by atoms with Gasteiger partial charge >= 0.3 is 0 Å². The summed E-state index contributed by atoms with van der Waals surface area (Å²) in [5.74, 6) is 1.34. The molecule has 0 saturated carbocycles. The molecule has 0 amide bonds. The van der Waals surface area contributed by atoms with Crippen LogP contribution in [0.2, 0.25) is 0 Å². The molecule has 0 aliphatic carbocycles. The Bertz CT molecular complexity index is 300. The van der Waals surface area contributed by atoms with Gasteiger partial charge in [-0.3, -0.25) is 0 Å². The van der Waals surface area contributed by atoms with Gasteiger partial charge < -0.3 is 15.2 Å². The first-order chi connectivity index (χ1) is 6.67. The van der Waals surface area contributed by atoms with Gasteiger partial charge in [0.05, 0.1) is 20.4 Å². The summed E-state index contributed by atoms with van der Waals surface area (Å²) in [6.07, 6.45) is 2.40. The topological polar surface area (TPSA) is 57.4 Å². The van der Waals surface area contributed by atoms with Crippen molar-refractivity contribution in [1.29, 1.82) is 0 Å². The fourth-order valence-electron chi connectivity index (χ4n) is 1.26. The molecule has 0 unspecified atom stereocenters. The molecular weight excluding hydrogens is 180 g/mol. The van der Waals surface area contributed by atoms with Gasteiger partial charge in [-0.1, -0.05) is 0 Å². The average molecular weight is 196 g/mol. The van der Waals surface area contributed by atoms with Crippen LogP contribution in [0.25, 0.3) is 0 Å². The normalized spacial score (nSPS) is 12.3. The number of nitrogens with two attached hydrogens (primary N) is 1. The summed E-state index contributed by atoms with van der Waals surface area (Å²) in [6, 6.07) is 1.94. The van der Waals surface area contributed by atoms with Crippen LogP contribution in [0.4, 0.5) is 0 Å². The molecule has 0 saturated heterocycles. The Balaban J connectivity index is 2.96. The van der Waals surface area contributed by atoms with E-state index in [2.05, 4.69) is 4.98 Å². The maximum absolute atomic E-state index is 5.72. The first-order valence-electron chi connectivity index (χ1n) is 4.50. The highest BCUT2D eigenvalue weighted by Gasteiger charge is 2.07. The van der Waals surface area contributed by atoms with Crippen molar-refractivity contribution in [3.8, 4) is 11.6 Å². The maximum atomic E-state index is 5.72. The Hall–Kier alpha value is -1.29. The van der Waals surface area contributed by atoms with E-state index in [1.54, 1.807) is 20.4 Å². The van der Waals surface area contributed by atoms with Gasteiger partial charge in [0.25, 0.3) is 0 Å². The van der Waals surface area contributed by atoms with Gasteiger partial charge in [0, 0.05) is 17.7 Å².